The van der Waals surface area contributed by atoms with E-state index in [-0.39, 0.29) is 11.8 Å². The average molecular weight is 367 g/mol. The van der Waals surface area contributed by atoms with Crippen molar-refractivity contribution in [3.63, 3.8) is 0 Å². The third kappa shape index (κ3) is 4.59. The molecule has 1 aromatic heterocycles. The van der Waals surface area contributed by atoms with Gasteiger partial charge in [0.15, 0.2) is 0 Å². The highest BCUT2D eigenvalue weighted by Gasteiger charge is 2.39. The van der Waals surface area contributed by atoms with E-state index in [4.69, 9.17) is 0 Å². The zero-order valence-electron chi connectivity index (χ0n) is 16.3. The van der Waals surface area contributed by atoms with Gasteiger partial charge in [0.05, 0.1) is 5.41 Å². The predicted octanol–water partition coefficient (Wildman–Crippen LogP) is 3.46. The van der Waals surface area contributed by atoms with E-state index in [0.717, 1.165) is 31.4 Å². The number of piperidine rings is 1. The maximum atomic E-state index is 12.9. The third-order valence-corrected chi connectivity index (χ3v) is 5.30. The number of hydrogen-bond donors (Lipinski definition) is 1. The minimum Gasteiger partial charge on any atom is -0.354 e. The SMILES string of the molecule is CCCn1ccc(CNC(=O)C2(C)CCCN(C(=O)c3ccccc3)C2)c1. The van der Waals surface area contributed by atoms with Crippen molar-refractivity contribution in [1.82, 2.24) is 14.8 Å². The van der Waals surface area contributed by atoms with Gasteiger partial charge in [-0.05, 0) is 49.9 Å². The van der Waals surface area contributed by atoms with Gasteiger partial charge < -0.3 is 14.8 Å². The summed E-state index contributed by atoms with van der Waals surface area (Å²) in [6.07, 6.45) is 6.86. The number of benzene rings is 1. The van der Waals surface area contributed by atoms with Gasteiger partial charge in [-0.2, -0.15) is 0 Å². The van der Waals surface area contributed by atoms with Gasteiger partial charge in [-0.3, -0.25) is 9.59 Å². The number of rotatable bonds is 6. The van der Waals surface area contributed by atoms with Crippen LogP contribution in [0.15, 0.2) is 48.8 Å². The Morgan fingerprint density at radius 1 is 1.19 bits per heavy atom. The highest BCUT2D eigenvalue weighted by atomic mass is 16.2. The molecular formula is C22H29N3O2. The second-order valence-electron chi connectivity index (χ2n) is 7.70. The number of carbonyl (C=O) groups excluding carboxylic acids is 2. The summed E-state index contributed by atoms with van der Waals surface area (Å²) in [7, 11) is 0. The van der Waals surface area contributed by atoms with Crippen molar-refractivity contribution in [3.8, 4) is 0 Å². The van der Waals surface area contributed by atoms with Crippen LogP contribution in [0.2, 0.25) is 0 Å². The molecule has 0 saturated carbocycles. The molecule has 5 heteroatoms. The molecule has 2 aromatic rings. The van der Waals surface area contributed by atoms with Gasteiger partial charge >= 0.3 is 0 Å². The third-order valence-electron chi connectivity index (χ3n) is 5.30. The fourth-order valence-corrected chi connectivity index (χ4v) is 3.75. The Balaban J connectivity index is 1.60. The molecular weight excluding hydrogens is 338 g/mol. The minimum absolute atomic E-state index is 0.00553. The molecule has 3 rings (SSSR count). The van der Waals surface area contributed by atoms with E-state index in [1.165, 1.54) is 0 Å². The first-order valence-corrected chi connectivity index (χ1v) is 9.79. The number of aromatic nitrogens is 1. The smallest absolute Gasteiger partial charge is 0.253 e. The molecule has 1 aromatic carbocycles. The molecule has 0 aliphatic carbocycles. The molecule has 2 amide bonds. The molecule has 1 aliphatic rings. The number of hydrogen-bond acceptors (Lipinski definition) is 2. The number of amides is 2. The zero-order chi connectivity index (χ0) is 19.3. The highest BCUT2D eigenvalue weighted by molar-refractivity contribution is 5.95. The number of likely N-dealkylation sites (tertiary alicyclic amines) is 1. The maximum absolute atomic E-state index is 12.9. The lowest BCUT2D eigenvalue weighted by molar-refractivity contribution is -0.132. The van der Waals surface area contributed by atoms with Gasteiger partial charge in [-0.25, -0.2) is 0 Å². The van der Waals surface area contributed by atoms with Gasteiger partial charge in [0, 0.05) is 44.1 Å². The summed E-state index contributed by atoms with van der Waals surface area (Å²) < 4.78 is 2.14. The van der Waals surface area contributed by atoms with Gasteiger partial charge in [-0.1, -0.05) is 25.1 Å². The molecule has 0 radical (unpaired) electrons. The molecule has 1 aliphatic heterocycles. The fourth-order valence-electron chi connectivity index (χ4n) is 3.75. The molecule has 0 bridgehead atoms. The van der Waals surface area contributed by atoms with Crippen molar-refractivity contribution in [2.24, 2.45) is 5.41 Å². The molecule has 1 unspecified atom stereocenters. The van der Waals surface area contributed by atoms with Crippen LogP contribution in [0.4, 0.5) is 0 Å². The molecule has 1 atom stereocenters. The quantitative estimate of drug-likeness (QED) is 0.850. The van der Waals surface area contributed by atoms with Crippen molar-refractivity contribution in [2.45, 2.75) is 46.2 Å². The standard InChI is InChI=1S/C22H29N3O2/c1-3-12-24-14-10-18(16-24)15-23-21(27)22(2)11-7-13-25(17-22)20(26)19-8-5-4-6-9-19/h4-6,8-10,14,16H,3,7,11-13,15,17H2,1-2H3,(H,23,27). The second kappa shape index (κ2) is 8.42. The van der Waals surface area contributed by atoms with Crippen LogP contribution < -0.4 is 5.32 Å². The van der Waals surface area contributed by atoms with E-state index < -0.39 is 5.41 Å². The van der Waals surface area contributed by atoms with Crippen molar-refractivity contribution in [3.05, 3.63) is 59.9 Å². The minimum atomic E-state index is -0.547. The number of nitrogens with one attached hydrogen (secondary N) is 1. The first kappa shape index (κ1) is 19.2. The molecule has 1 fully saturated rings. The van der Waals surface area contributed by atoms with Crippen LogP contribution in [0.25, 0.3) is 0 Å². The van der Waals surface area contributed by atoms with Crippen LogP contribution in [0.1, 0.15) is 49.0 Å². The highest BCUT2D eigenvalue weighted by Crippen LogP contribution is 2.30. The van der Waals surface area contributed by atoms with Crippen molar-refractivity contribution >= 4 is 11.8 Å². The monoisotopic (exact) mass is 367 g/mol. The lowest BCUT2D eigenvalue weighted by Crippen LogP contribution is -2.51. The number of carbonyl (C=O) groups is 2. The summed E-state index contributed by atoms with van der Waals surface area (Å²) in [5.41, 5.74) is 1.24. The molecule has 1 saturated heterocycles. The van der Waals surface area contributed by atoms with Crippen LogP contribution in [-0.2, 0) is 17.9 Å². The van der Waals surface area contributed by atoms with Crippen molar-refractivity contribution < 1.29 is 9.59 Å². The Morgan fingerprint density at radius 2 is 1.96 bits per heavy atom. The lowest BCUT2D eigenvalue weighted by Gasteiger charge is -2.39. The average Bonchev–Trinajstić information content (AvgIpc) is 3.14. The van der Waals surface area contributed by atoms with E-state index in [2.05, 4.69) is 23.0 Å². The Bertz CT molecular complexity index is 784. The van der Waals surface area contributed by atoms with E-state index in [1.54, 1.807) is 0 Å². The van der Waals surface area contributed by atoms with Gasteiger partial charge in [0.1, 0.15) is 0 Å². The second-order valence-corrected chi connectivity index (χ2v) is 7.70. The molecule has 5 nitrogen and oxygen atoms in total. The number of aryl methyl sites for hydroxylation is 1. The Labute approximate surface area is 161 Å². The van der Waals surface area contributed by atoms with Gasteiger partial charge in [0.25, 0.3) is 5.91 Å². The van der Waals surface area contributed by atoms with Crippen LogP contribution in [0.3, 0.4) is 0 Å². The van der Waals surface area contributed by atoms with E-state index >= 15 is 0 Å². The largest absolute Gasteiger partial charge is 0.354 e. The molecule has 27 heavy (non-hydrogen) atoms. The predicted molar refractivity (Wildman–Crippen MR) is 106 cm³/mol. The van der Waals surface area contributed by atoms with Crippen LogP contribution >= 0.6 is 0 Å². The molecule has 0 spiro atoms. The molecule has 2 heterocycles. The maximum Gasteiger partial charge on any atom is 0.253 e. The number of nitrogens with zero attached hydrogens (tertiary/aromatic N) is 2. The Kier molecular flexibility index (Phi) is 5.99. The van der Waals surface area contributed by atoms with E-state index in [1.807, 2.05) is 54.4 Å². The van der Waals surface area contributed by atoms with Crippen molar-refractivity contribution in [1.29, 1.82) is 0 Å². The fraction of sp³-hybridized carbons (Fsp3) is 0.455. The zero-order valence-corrected chi connectivity index (χ0v) is 16.3. The first-order valence-electron chi connectivity index (χ1n) is 9.79. The van der Waals surface area contributed by atoms with E-state index in [0.29, 0.717) is 25.2 Å². The summed E-state index contributed by atoms with van der Waals surface area (Å²) >= 11 is 0. The van der Waals surface area contributed by atoms with Gasteiger partial charge in [-0.15, -0.1) is 0 Å². The first-order chi connectivity index (χ1) is 13.0. The molecule has 1 N–H and O–H groups in total. The van der Waals surface area contributed by atoms with Crippen LogP contribution in [0.5, 0.6) is 0 Å². The Hall–Kier alpha value is -2.56. The normalized spacial score (nSPS) is 19.7. The Morgan fingerprint density at radius 3 is 2.70 bits per heavy atom. The topological polar surface area (TPSA) is 54.3 Å². The lowest BCUT2D eigenvalue weighted by atomic mass is 9.80. The summed E-state index contributed by atoms with van der Waals surface area (Å²) in [5, 5.41) is 3.07. The van der Waals surface area contributed by atoms with Crippen LogP contribution in [-0.4, -0.2) is 34.4 Å². The summed E-state index contributed by atoms with van der Waals surface area (Å²) in [4.78, 5) is 27.4. The summed E-state index contributed by atoms with van der Waals surface area (Å²) in [6, 6.07) is 11.3. The summed E-state index contributed by atoms with van der Waals surface area (Å²) in [5.74, 6) is 0.0299. The van der Waals surface area contributed by atoms with Gasteiger partial charge in [0.2, 0.25) is 5.91 Å². The summed E-state index contributed by atoms with van der Waals surface area (Å²) in [6.45, 7) is 6.79. The van der Waals surface area contributed by atoms with Crippen LogP contribution in [0, 0.1) is 5.41 Å². The van der Waals surface area contributed by atoms with E-state index in [9.17, 15) is 9.59 Å². The van der Waals surface area contributed by atoms with Crippen molar-refractivity contribution in [2.75, 3.05) is 13.1 Å². The molecule has 144 valence electrons.